The van der Waals surface area contributed by atoms with Crippen LogP contribution in [0.25, 0.3) is 5.52 Å². The summed E-state index contributed by atoms with van der Waals surface area (Å²) in [5.41, 5.74) is 3.68. The minimum Gasteiger partial charge on any atom is -0.462 e. The first kappa shape index (κ1) is 17.0. The number of rotatable bonds is 4. The van der Waals surface area contributed by atoms with Gasteiger partial charge in [0.05, 0.1) is 17.7 Å². The van der Waals surface area contributed by atoms with Gasteiger partial charge in [-0.05, 0) is 70.4 Å². The van der Waals surface area contributed by atoms with Crippen molar-refractivity contribution in [3.63, 3.8) is 0 Å². The first-order valence-corrected chi connectivity index (χ1v) is 8.86. The van der Waals surface area contributed by atoms with Crippen LogP contribution in [0.2, 0.25) is 0 Å². The summed E-state index contributed by atoms with van der Waals surface area (Å²) in [7, 11) is 2.18. The van der Waals surface area contributed by atoms with Gasteiger partial charge in [-0.2, -0.15) is 5.10 Å². The molecule has 1 aliphatic rings. The third kappa shape index (κ3) is 2.93. The summed E-state index contributed by atoms with van der Waals surface area (Å²) >= 11 is 0. The summed E-state index contributed by atoms with van der Waals surface area (Å²) in [5.74, 6) is 0.738. The van der Waals surface area contributed by atoms with Gasteiger partial charge in [-0.1, -0.05) is 6.92 Å². The molecule has 5 heteroatoms. The molecule has 0 bridgehead atoms. The number of likely N-dealkylation sites (tertiary alicyclic amines) is 1. The maximum Gasteiger partial charge on any atom is 0.340 e. The minimum absolute atomic E-state index is 0.248. The quantitative estimate of drug-likeness (QED) is 0.808. The Labute approximate surface area is 143 Å². The maximum atomic E-state index is 12.5. The Bertz CT molecular complexity index is 730. The van der Waals surface area contributed by atoms with E-state index in [1.165, 1.54) is 12.8 Å². The average Bonchev–Trinajstić information content (AvgIpc) is 2.87. The lowest BCUT2D eigenvalue weighted by Gasteiger charge is -2.33. The Hall–Kier alpha value is -1.88. The molecule has 3 heterocycles. The average molecular weight is 329 g/mol. The van der Waals surface area contributed by atoms with Gasteiger partial charge in [-0.25, -0.2) is 9.31 Å². The zero-order valence-corrected chi connectivity index (χ0v) is 15.1. The summed E-state index contributed by atoms with van der Waals surface area (Å²) in [4.78, 5) is 14.8. The molecule has 1 fully saturated rings. The van der Waals surface area contributed by atoms with Crippen molar-refractivity contribution in [3.05, 3.63) is 35.2 Å². The molecule has 0 N–H and O–H groups in total. The van der Waals surface area contributed by atoms with Gasteiger partial charge in [0, 0.05) is 17.8 Å². The highest BCUT2D eigenvalue weighted by atomic mass is 16.5. The zero-order valence-electron chi connectivity index (χ0n) is 15.1. The molecule has 0 amide bonds. The van der Waals surface area contributed by atoms with Crippen molar-refractivity contribution in [2.75, 3.05) is 26.7 Å². The van der Waals surface area contributed by atoms with Crippen molar-refractivity contribution in [1.29, 1.82) is 0 Å². The third-order valence-corrected chi connectivity index (χ3v) is 5.38. The number of piperidine rings is 1. The number of carbonyl (C=O) groups is 1. The Morgan fingerprint density at radius 3 is 2.79 bits per heavy atom. The van der Waals surface area contributed by atoms with Gasteiger partial charge in [0.1, 0.15) is 0 Å². The Morgan fingerprint density at radius 2 is 2.12 bits per heavy atom. The van der Waals surface area contributed by atoms with E-state index in [1.807, 2.05) is 30.5 Å². The SMILES string of the molecule is CCOC(=O)c1c(C)c(C(C)C2CCN(C)CC2)n2ncccc12. The van der Waals surface area contributed by atoms with E-state index in [2.05, 4.69) is 24.0 Å². The second kappa shape index (κ2) is 6.93. The summed E-state index contributed by atoms with van der Waals surface area (Å²) in [5, 5.41) is 4.53. The molecule has 0 spiro atoms. The Morgan fingerprint density at radius 1 is 1.42 bits per heavy atom. The highest BCUT2D eigenvalue weighted by molar-refractivity contribution is 5.99. The number of esters is 1. The molecule has 1 unspecified atom stereocenters. The van der Waals surface area contributed by atoms with Crippen LogP contribution < -0.4 is 0 Å². The molecule has 5 nitrogen and oxygen atoms in total. The van der Waals surface area contributed by atoms with E-state index in [-0.39, 0.29) is 5.97 Å². The fourth-order valence-electron chi connectivity index (χ4n) is 3.98. The number of hydrogen-bond acceptors (Lipinski definition) is 4. The summed E-state index contributed by atoms with van der Waals surface area (Å²) in [6.45, 7) is 8.79. The van der Waals surface area contributed by atoms with Crippen molar-refractivity contribution >= 4 is 11.5 Å². The molecule has 1 atom stereocenters. The standard InChI is InChI=1S/C19H27N3O2/c1-5-24-19(23)17-14(3)18(22-16(17)7-6-10-20-22)13(2)15-8-11-21(4)12-9-15/h6-7,10,13,15H,5,8-9,11-12H2,1-4H3. The molecular formula is C19H27N3O2. The first-order chi connectivity index (χ1) is 11.5. The van der Waals surface area contributed by atoms with Gasteiger partial charge < -0.3 is 9.64 Å². The predicted octanol–water partition coefficient (Wildman–Crippen LogP) is 3.26. The van der Waals surface area contributed by atoms with Crippen LogP contribution in [0.15, 0.2) is 18.3 Å². The molecule has 0 saturated carbocycles. The molecule has 2 aromatic rings. The van der Waals surface area contributed by atoms with E-state index in [1.54, 1.807) is 6.20 Å². The fourth-order valence-corrected chi connectivity index (χ4v) is 3.98. The third-order valence-electron chi connectivity index (χ3n) is 5.38. The summed E-state index contributed by atoms with van der Waals surface area (Å²) in [6, 6.07) is 3.83. The van der Waals surface area contributed by atoms with Crippen LogP contribution in [0.5, 0.6) is 0 Å². The molecule has 24 heavy (non-hydrogen) atoms. The molecule has 1 saturated heterocycles. The van der Waals surface area contributed by atoms with Crippen molar-refractivity contribution < 1.29 is 9.53 Å². The fraction of sp³-hybridized carbons (Fsp3) is 0.579. The predicted molar refractivity (Wildman–Crippen MR) is 94.5 cm³/mol. The topological polar surface area (TPSA) is 46.8 Å². The van der Waals surface area contributed by atoms with Crippen LogP contribution in [0.4, 0.5) is 0 Å². The number of carbonyl (C=O) groups excluding carboxylic acids is 1. The summed E-state index contributed by atoms with van der Waals surface area (Å²) in [6.07, 6.45) is 4.16. The van der Waals surface area contributed by atoms with E-state index < -0.39 is 0 Å². The lowest BCUT2D eigenvalue weighted by molar-refractivity contribution is 0.0528. The normalized spacial score (nSPS) is 18.0. The number of aromatic nitrogens is 2. The van der Waals surface area contributed by atoms with Crippen LogP contribution in [0.3, 0.4) is 0 Å². The molecular weight excluding hydrogens is 302 g/mol. The molecule has 130 valence electrons. The summed E-state index contributed by atoms with van der Waals surface area (Å²) < 4.78 is 7.23. The lowest BCUT2D eigenvalue weighted by atomic mass is 9.82. The van der Waals surface area contributed by atoms with E-state index >= 15 is 0 Å². The van der Waals surface area contributed by atoms with Crippen molar-refractivity contribution in [2.45, 2.75) is 39.5 Å². The van der Waals surface area contributed by atoms with Crippen LogP contribution in [0, 0.1) is 12.8 Å². The molecule has 1 aliphatic heterocycles. The Balaban J connectivity index is 2.04. The van der Waals surface area contributed by atoms with Gasteiger partial charge in [-0.15, -0.1) is 0 Å². The number of fused-ring (bicyclic) bond motifs is 1. The monoisotopic (exact) mass is 329 g/mol. The molecule has 0 aromatic carbocycles. The van der Waals surface area contributed by atoms with Crippen LogP contribution in [-0.4, -0.2) is 47.2 Å². The highest BCUT2D eigenvalue weighted by Gasteiger charge is 2.30. The largest absolute Gasteiger partial charge is 0.462 e. The van der Waals surface area contributed by atoms with Crippen LogP contribution >= 0.6 is 0 Å². The van der Waals surface area contributed by atoms with Crippen molar-refractivity contribution in [1.82, 2.24) is 14.5 Å². The van der Waals surface area contributed by atoms with Gasteiger partial charge in [0.15, 0.2) is 0 Å². The van der Waals surface area contributed by atoms with Crippen molar-refractivity contribution in [2.24, 2.45) is 5.92 Å². The highest BCUT2D eigenvalue weighted by Crippen LogP contribution is 2.36. The lowest BCUT2D eigenvalue weighted by Crippen LogP contribution is -2.32. The van der Waals surface area contributed by atoms with E-state index in [4.69, 9.17) is 4.74 Å². The second-order valence-corrected chi connectivity index (χ2v) is 6.86. The second-order valence-electron chi connectivity index (χ2n) is 6.86. The minimum atomic E-state index is -0.248. The van der Waals surface area contributed by atoms with Gasteiger partial charge in [0.25, 0.3) is 0 Å². The Kier molecular flexibility index (Phi) is 4.90. The number of nitrogens with zero attached hydrogens (tertiary/aromatic N) is 3. The van der Waals surface area contributed by atoms with Crippen LogP contribution in [-0.2, 0) is 4.74 Å². The number of hydrogen-bond donors (Lipinski definition) is 0. The van der Waals surface area contributed by atoms with E-state index in [0.29, 0.717) is 24.0 Å². The molecule has 0 radical (unpaired) electrons. The molecule has 2 aromatic heterocycles. The van der Waals surface area contributed by atoms with Crippen molar-refractivity contribution in [3.8, 4) is 0 Å². The van der Waals surface area contributed by atoms with Gasteiger partial charge in [0.2, 0.25) is 0 Å². The molecule has 0 aliphatic carbocycles. The van der Waals surface area contributed by atoms with Gasteiger partial charge in [-0.3, -0.25) is 0 Å². The van der Waals surface area contributed by atoms with Crippen LogP contribution in [0.1, 0.15) is 54.2 Å². The smallest absolute Gasteiger partial charge is 0.340 e. The van der Waals surface area contributed by atoms with Gasteiger partial charge >= 0.3 is 5.97 Å². The molecule has 3 rings (SSSR count). The number of ether oxygens (including phenoxy) is 1. The van der Waals surface area contributed by atoms with E-state index in [0.717, 1.165) is 29.9 Å². The zero-order chi connectivity index (χ0) is 17.3. The first-order valence-electron chi connectivity index (χ1n) is 8.86. The van der Waals surface area contributed by atoms with E-state index in [9.17, 15) is 4.79 Å². The maximum absolute atomic E-state index is 12.5.